The van der Waals surface area contributed by atoms with Crippen molar-refractivity contribution in [3.63, 3.8) is 0 Å². The normalized spacial score (nSPS) is 13.5. The second-order valence-electron chi connectivity index (χ2n) is 6.89. The topological polar surface area (TPSA) is 93.3 Å². The van der Waals surface area contributed by atoms with Gasteiger partial charge in [0.2, 0.25) is 0 Å². The van der Waals surface area contributed by atoms with Crippen molar-refractivity contribution in [3.8, 4) is 11.3 Å². The van der Waals surface area contributed by atoms with E-state index in [1.807, 2.05) is 19.2 Å². The zero-order valence-corrected chi connectivity index (χ0v) is 15.8. The molecule has 1 aliphatic heterocycles. The van der Waals surface area contributed by atoms with Crippen LogP contribution in [0.25, 0.3) is 11.3 Å². The Morgan fingerprint density at radius 3 is 2.71 bits per heavy atom. The Labute approximate surface area is 161 Å². The molecular weight excluding hydrogens is 358 g/mol. The van der Waals surface area contributed by atoms with Gasteiger partial charge in [0, 0.05) is 62.1 Å². The van der Waals surface area contributed by atoms with Gasteiger partial charge < -0.3 is 10.0 Å². The van der Waals surface area contributed by atoms with Gasteiger partial charge >= 0.3 is 0 Å². The second kappa shape index (κ2) is 7.05. The Morgan fingerprint density at radius 2 is 1.96 bits per heavy atom. The van der Waals surface area contributed by atoms with E-state index in [0.717, 1.165) is 16.8 Å². The lowest BCUT2D eigenvalue weighted by atomic mass is 10.0. The van der Waals surface area contributed by atoms with E-state index in [1.165, 1.54) is 10.7 Å². The minimum absolute atomic E-state index is 0.0786. The lowest BCUT2D eigenvalue weighted by molar-refractivity contribution is 0.0732. The fourth-order valence-electron chi connectivity index (χ4n) is 3.62. The Bertz CT molecular complexity index is 1120. The third kappa shape index (κ3) is 3.11. The van der Waals surface area contributed by atoms with E-state index >= 15 is 0 Å². The summed E-state index contributed by atoms with van der Waals surface area (Å²) in [7, 11) is 3.46. The van der Waals surface area contributed by atoms with Crippen LogP contribution in [0.4, 0.5) is 0 Å². The number of benzene rings is 1. The Kier molecular flexibility index (Phi) is 4.56. The van der Waals surface area contributed by atoms with Crippen LogP contribution in [-0.2, 0) is 33.7 Å². The number of hydrogen-bond donors (Lipinski definition) is 1. The molecule has 1 N–H and O–H groups in total. The van der Waals surface area contributed by atoms with E-state index < -0.39 is 0 Å². The largest absolute Gasteiger partial charge is 0.390 e. The average Bonchev–Trinajstić information content (AvgIpc) is 3.04. The molecule has 28 heavy (non-hydrogen) atoms. The lowest BCUT2D eigenvalue weighted by Gasteiger charge is -2.28. The SMILES string of the molecule is Cn1nc(CO)c2c1CCN(C(=O)c1cccc(-c3ccc(=O)n(C)n3)c1)C2. The first kappa shape index (κ1) is 18.1. The quantitative estimate of drug-likeness (QED) is 0.729. The maximum absolute atomic E-state index is 13.1. The molecule has 3 aromatic rings. The Morgan fingerprint density at radius 1 is 1.14 bits per heavy atom. The van der Waals surface area contributed by atoms with E-state index in [4.69, 9.17) is 0 Å². The first-order valence-corrected chi connectivity index (χ1v) is 9.06. The van der Waals surface area contributed by atoms with Crippen LogP contribution in [0.2, 0.25) is 0 Å². The first-order valence-electron chi connectivity index (χ1n) is 9.06. The number of fused-ring (bicyclic) bond motifs is 1. The molecule has 1 aliphatic rings. The second-order valence-corrected chi connectivity index (χ2v) is 6.89. The van der Waals surface area contributed by atoms with Gasteiger partial charge in [-0.15, -0.1) is 0 Å². The van der Waals surface area contributed by atoms with E-state index in [-0.39, 0.29) is 18.1 Å². The van der Waals surface area contributed by atoms with Gasteiger partial charge in [0.1, 0.15) is 0 Å². The number of aryl methyl sites for hydroxylation is 2. The van der Waals surface area contributed by atoms with Gasteiger partial charge in [-0.1, -0.05) is 12.1 Å². The summed E-state index contributed by atoms with van der Waals surface area (Å²) in [5, 5.41) is 18.1. The Hall–Kier alpha value is -3.26. The zero-order valence-electron chi connectivity index (χ0n) is 15.8. The van der Waals surface area contributed by atoms with Crippen LogP contribution in [0, 0.1) is 0 Å². The maximum atomic E-state index is 13.1. The third-order valence-corrected chi connectivity index (χ3v) is 5.13. The van der Waals surface area contributed by atoms with Crippen LogP contribution in [0.1, 0.15) is 27.3 Å². The molecule has 0 radical (unpaired) electrons. The first-order chi connectivity index (χ1) is 13.5. The molecule has 8 heteroatoms. The molecule has 0 saturated carbocycles. The number of rotatable bonds is 3. The standard InChI is InChI=1S/C20H21N5O3/c1-23-18-8-9-25(11-15(18)17(12-26)22-23)20(28)14-5-3-4-13(10-14)16-6-7-19(27)24(2)21-16/h3-7,10,26H,8-9,11-12H2,1-2H3. The maximum Gasteiger partial charge on any atom is 0.266 e. The van der Waals surface area contributed by atoms with Crippen molar-refractivity contribution in [2.24, 2.45) is 14.1 Å². The molecule has 0 spiro atoms. The minimum Gasteiger partial charge on any atom is -0.390 e. The summed E-state index contributed by atoms with van der Waals surface area (Å²) in [6, 6.07) is 10.4. The smallest absolute Gasteiger partial charge is 0.266 e. The number of carbonyl (C=O) groups is 1. The van der Waals surface area contributed by atoms with E-state index in [9.17, 15) is 14.7 Å². The van der Waals surface area contributed by atoms with E-state index in [0.29, 0.717) is 36.5 Å². The number of aliphatic hydroxyl groups excluding tert-OH is 1. The van der Waals surface area contributed by atoms with Gasteiger partial charge in [-0.2, -0.15) is 10.2 Å². The van der Waals surface area contributed by atoms with Gasteiger partial charge in [-0.3, -0.25) is 14.3 Å². The van der Waals surface area contributed by atoms with Crippen LogP contribution in [0.15, 0.2) is 41.2 Å². The molecule has 144 valence electrons. The molecule has 2 aromatic heterocycles. The van der Waals surface area contributed by atoms with Crippen LogP contribution in [-0.4, -0.2) is 42.0 Å². The van der Waals surface area contributed by atoms with Crippen molar-refractivity contribution in [1.82, 2.24) is 24.5 Å². The number of nitrogens with zero attached hydrogens (tertiary/aromatic N) is 5. The number of aliphatic hydroxyl groups is 1. The van der Waals surface area contributed by atoms with Crippen LogP contribution >= 0.6 is 0 Å². The van der Waals surface area contributed by atoms with Gasteiger partial charge in [0.05, 0.1) is 18.0 Å². The van der Waals surface area contributed by atoms with Crippen LogP contribution in [0.3, 0.4) is 0 Å². The minimum atomic E-state index is -0.184. The van der Waals surface area contributed by atoms with Crippen LogP contribution < -0.4 is 5.56 Å². The molecule has 1 amide bonds. The summed E-state index contributed by atoms with van der Waals surface area (Å²) in [6.45, 7) is 0.887. The van der Waals surface area contributed by atoms with Crippen molar-refractivity contribution >= 4 is 5.91 Å². The van der Waals surface area contributed by atoms with Gasteiger partial charge in [0.25, 0.3) is 11.5 Å². The molecule has 4 rings (SSSR count). The van der Waals surface area contributed by atoms with Gasteiger partial charge in [-0.05, 0) is 18.2 Å². The molecule has 1 aromatic carbocycles. The molecule has 0 unspecified atom stereocenters. The number of carbonyl (C=O) groups excluding carboxylic acids is 1. The molecule has 0 saturated heterocycles. The number of aromatic nitrogens is 4. The molecule has 3 heterocycles. The monoisotopic (exact) mass is 379 g/mol. The third-order valence-electron chi connectivity index (χ3n) is 5.13. The molecule has 0 fully saturated rings. The number of hydrogen-bond acceptors (Lipinski definition) is 5. The van der Waals surface area contributed by atoms with Crippen molar-refractivity contribution in [2.45, 2.75) is 19.6 Å². The molecular formula is C20H21N5O3. The molecule has 0 bridgehead atoms. The highest BCUT2D eigenvalue weighted by atomic mass is 16.3. The molecule has 0 aliphatic carbocycles. The zero-order chi connectivity index (χ0) is 19.8. The predicted molar refractivity (Wildman–Crippen MR) is 102 cm³/mol. The fourth-order valence-corrected chi connectivity index (χ4v) is 3.62. The lowest BCUT2D eigenvalue weighted by Crippen LogP contribution is -2.36. The summed E-state index contributed by atoms with van der Waals surface area (Å²) in [5.74, 6) is -0.0786. The highest BCUT2D eigenvalue weighted by Gasteiger charge is 2.27. The fraction of sp³-hybridized carbons (Fsp3) is 0.300. The van der Waals surface area contributed by atoms with E-state index in [2.05, 4.69) is 10.2 Å². The summed E-state index contributed by atoms with van der Waals surface area (Å²) in [4.78, 5) is 26.4. The van der Waals surface area contributed by atoms with Crippen LogP contribution in [0.5, 0.6) is 0 Å². The van der Waals surface area contributed by atoms with Crippen molar-refractivity contribution in [2.75, 3.05) is 6.54 Å². The summed E-state index contributed by atoms with van der Waals surface area (Å²) >= 11 is 0. The highest BCUT2D eigenvalue weighted by Crippen LogP contribution is 2.24. The summed E-state index contributed by atoms with van der Waals surface area (Å²) in [6.07, 6.45) is 0.701. The Balaban J connectivity index is 1.62. The average molecular weight is 379 g/mol. The van der Waals surface area contributed by atoms with Crippen molar-refractivity contribution < 1.29 is 9.90 Å². The summed E-state index contributed by atoms with van der Waals surface area (Å²) in [5.41, 5.74) is 4.40. The van der Waals surface area contributed by atoms with Gasteiger partial charge in [0.15, 0.2) is 0 Å². The molecule has 8 nitrogen and oxygen atoms in total. The highest BCUT2D eigenvalue weighted by molar-refractivity contribution is 5.95. The number of amides is 1. The van der Waals surface area contributed by atoms with E-state index in [1.54, 1.807) is 34.8 Å². The summed E-state index contributed by atoms with van der Waals surface area (Å²) < 4.78 is 3.06. The molecule has 0 atom stereocenters. The van der Waals surface area contributed by atoms with Crippen molar-refractivity contribution in [3.05, 3.63) is 69.3 Å². The van der Waals surface area contributed by atoms with Crippen molar-refractivity contribution in [1.29, 1.82) is 0 Å². The predicted octanol–water partition coefficient (Wildman–Crippen LogP) is 0.872. The van der Waals surface area contributed by atoms with Gasteiger partial charge in [-0.25, -0.2) is 4.68 Å².